The van der Waals surface area contributed by atoms with E-state index in [0.29, 0.717) is 24.4 Å². The summed E-state index contributed by atoms with van der Waals surface area (Å²) in [5, 5.41) is 3.82. The Morgan fingerprint density at radius 2 is 1.51 bits per heavy atom. The molecule has 1 N–H and O–H groups in total. The highest BCUT2D eigenvalue weighted by Crippen LogP contribution is 2.37. The first-order valence-corrected chi connectivity index (χ1v) is 14.2. The maximum Gasteiger partial charge on any atom is 0.250 e. The van der Waals surface area contributed by atoms with E-state index in [2.05, 4.69) is 10.2 Å². The number of carbonyl (C=O) groups is 2. The van der Waals surface area contributed by atoms with Crippen molar-refractivity contribution in [1.82, 2.24) is 4.90 Å². The number of nitrogens with zero attached hydrogens (tertiary/aromatic N) is 2. The van der Waals surface area contributed by atoms with Crippen molar-refractivity contribution >= 4 is 34.8 Å². The minimum Gasteiger partial charge on any atom is -0.378 e. The van der Waals surface area contributed by atoms with Gasteiger partial charge in [-0.25, -0.2) is 0 Å². The fraction of sp³-hybridized carbons (Fsp3) is 0.375. The molecular formula is C32H36ClN3O3. The summed E-state index contributed by atoms with van der Waals surface area (Å²) in [6.07, 6.45) is 4.39. The van der Waals surface area contributed by atoms with Crippen LogP contribution in [0.2, 0.25) is 5.02 Å². The Morgan fingerprint density at radius 3 is 2.18 bits per heavy atom. The second kappa shape index (κ2) is 12.7. The van der Waals surface area contributed by atoms with Gasteiger partial charge in [0, 0.05) is 36.0 Å². The Morgan fingerprint density at radius 1 is 0.846 bits per heavy atom. The topological polar surface area (TPSA) is 61.9 Å². The van der Waals surface area contributed by atoms with E-state index in [9.17, 15) is 9.59 Å². The average molecular weight is 546 g/mol. The molecule has 0 atom stereocenters. The second-order valence-corrected chi connectivity index (χ2v) is 10.9. The number of morpholine rings is 1. The van der Waals surface area contributed by atoms with Crippen molar-refractivity contribution in [2.24, 2.45) is 0 Å². The van der Waals surface area contributed by atoms with E-state index in [0.717, 1.165) is 68.1 Å². The highest BCUT2D eigenvalue weighted by molar-refractivity contribution is 6.30. The Kier molecular flexibility index (Phi) is 8.84. The van der Waals surface area contributed by atoms with Crippen LogP contribution in [0, 0.1) is 0 Å². The summed E-state index contributed by atoms with van der Waals surface area (Å²) >= 11 is 6.14. The number of hydrogen-bond acceptors (Lipinski definition) is 4. The van der Waals surface area contributed by atoms with Gasteiger partial charge in [-0.15, -0.1) is 0 Å². The summed E-state index contributed by atoms with van der Waals surface area (Å²) in [4.78, 5) is 32.3. The summed E-state index contributed by atoms with van der Waals surface area (Å²) in [5.41, 5.74) is 2.82. The van der Waals surface area contributed by atoms with E-state index in [1.807, 2.05) is 83.8 Å². The Hall–Kier alpha value is -3.35. The predicted molar refractivity (Wildman–Crippen MR) is 156 cm³/mol. The van der Waals surface area contributed by atoms with Crippen molar-refractivity contribution < 1.29 is 14.3 Å². The molecule has 6 nitrogen and oxygen atoms in total. The molecule has 39 heavy (non-hydrogen) atoms. The Balaban J connectivity index is 1.41. The zero-order chi connectivity index (χ0) is 27.1. The number of ether oxygens (including phenoxy) is 1. The molecule has 5 rings (SSSR count). The van der Waals surface area contributed by atoms with E-state index >= 15 is 0 Å². The lowest BCUT2D eigenvalue weighted by Crippen LogP contribution is -2.60. The molecular weight excluding hydrogens is 510 g/mol. The molecule has 1 aliphatic heterocycles. The Bertz CT molecular complexity index is 1240. The normalized spacial score (nSPS) is 16.9. The fourth-order valence-corrected chi connectivity index (χ4v) is 5.82. The molecule has 1 saturated carbocycles. The van der Waals surface area contributed by atoms with Gasteiger partial charge in [-0.05, 0) is 60.4 Å². The summed E-state index contributed by atoms with van der Waals surface area (Å²) in [7, 11) is 0. The van der Waals surface area contributed by atoms with Gasteiger partial charge in [0.15, 0.2) is 0 Å². The van der Waals surface area contributed by atoms with E-state index in [4.69, 9.17) is 16.3 Å². The van der Waals surface area contributed by atoms with Crippen molar-refractivity contribution in [2.75, 3.05) is 36.5 Å². The molecule has 2 aliphatic rings. The Labute approximate surface area is 235 Å². The summed E-state index contributed by atoms with van der Waals surface area (Å²) in [6.45, 7) is 3.52. The molecule has 0 spiro atoms. The third-order valence-electron chi connectivity index (χ3n) is 7.87. The van der Waals surface area contributed by atoms with Crippen molar-refractivity contribution in [2.45, 2.75) is 50.6 Å². The van der Waals surface area contributed by atoms with E-state index < -0.39 is 5.54 Å². The number of rotatable bonds is 8. The number of nitrogens with one attached hydrogen (secondary N) is 1. The molecule has 1 heterocycles. The molecule has 2 amide bonds. The molecule has 3 aromatic carbocycles. The molecule has 7 heteroatoms. The minimum atomic E-state index is -0.924. The number of carbonyl (C=O) groups excluding carboxylic acids is 2. The van der Waals surface area contributed by atoms with Crippen molar-refractivity contribution in [3.05, 3.63) is 95.0 Å². The standard InChI is InChI=1S/C32H36ClN3O3/c33-27-11-9-26(10-12-27)24-36(30(37)23-25-7-3-1-4-8-25)32(17-5-2-6-18-32)31(38)34-28-13-15-29(16-14-28)35-19-21-39-22-20-35/h1,3-4,7-16H,2,5-6,17-24H2,(H,34,38). The number of amides is 2. The van der Waals surface area contributed by atoms with Crippen LogP contribution in [0.4, 0.5) is 11.4 Å². The average Bonchev–Trinajstić information content (AvgIpc) is 2.98. The first kappa shape index (κ1) is 27.2. The van der Waals surface area contributed by atoms with Crippen LogP contribution in [-0.4, -0.2) is 48.6 Å². The quantitative estimate of drug-likeness (QED) is 0.372. The monoisotopic (exact) mass is 545 g/mol. The number of hydrogen-bond donors (Lipinski definition) is 1. The highest BCUT2D eigenvalue weighted by Gasteiger charge is 2.46. The highest BCUT2D eigenvalue weighted by atomic mass is 35.5. The minimum absolute atomic E-state index is 0.0455. The van der Waals surface area contributed by atoms with E-state index in [1.165, 1.54) is 0 Å². The van der Waals surface area contributed by atoms with Gasteiger partial charge in [0.2, 0.25) is 11.8 Å². The van der Waals surface area contributed by atoms with Crippen LogP contribution in [-0.2, 0) is 27.3 Å². The van der Waals surface area contributed by atoms with Gasteiger partial charge in [-0.1, -0.05) is 73.3 Å². The smallest absolute Gasteiger partial charge is 0.250 e. The van der Waals surface area contributed by atoms with Gasteiger partial charge in [0.25, 0.3) is 0 Å². The predicted octanol–water partition coefficient (Wildman–Crippen LogP) is 6.09. The molecule has 204 valence electrons. The second-order valence-electron chi connectivity index (χ2n) is 10.5. The van der Waals surface area contributed by atoms with Crippen molar-refractivity contribution in [3.8, 4) is 0 Å². The molecule has 2 fully saturated rings. The van der Waals surface area contributed by atoms with Gasteiger partial charge in [0.1, 0.15) is 5.54 Å². The number of halogens is 1. The SMILES string of the molecule is O=C(Cc1ccccc1)N(Cc1ccc(Cl)cc1)C1(C(=O)Nc2ccc(N3CCOCC3)cc2)CCCCC1. The van der Waals surface area contributed by atoms with Gasteiger partial charge in [0.05, 0.1) is 19.6 Å². The van der Waals surface area contributed by atoms with Crippen LogP contribution in [0.15, 0.2) is 78.9 Å². The van der Waals surface area contributed by atoms with Crippen LogP contribution < -0.4 is 10.2 Å². The van der Waals surface area contributed by atoms with Crippen LogP contribution in [0.25, 0.3) is 0 Å². The molecule has 0 aromatic heterocycles. The zero-order valence-electron chi connectivity index (χ0n) is 22.3. The number of anilines is 2. The zero-order valence-corrected chi connectivity index (χ0v) is 23.0. The summed E-state index contributed by atoms with van der Waals surface area (Å²) in [5.74, 6) is -0.160. The lowest BCUT2D eigenvalue weighted by atomic mass is 9.78. The molecule has 0 unspecified atom stereocenters. The maximum absolute atomic E-state index is 14.2. The van der Waals surface area contributed by atoms with Crippen LogP contribution in [0.1, 0.15) is 43.2 Å². The van der Waals surface area contributed by atoms with E-state index in [-0.39, 0.29) is 18.2 Å². The molecule has 0 radical (unpaired) electrons. The lowest BCUT2D eigenvalue weighted by molar-refractivity contribution is -0.148. The third kappa shape index (κ3) is 6.63. The summed E-state index contributed by atoms with van der Waals surface area (Å²) < 4.78 is 5.47. The van der Waals surface area contributed by atoms with Gasteiger partial charge < -0.3 is 19.9 Å². The molecule has 1 saturated heterocycles. The van der Waals surface area contributed by atoms with Crippen LogP contribution >= 0.6 is 11.6 Å². The van der Waals surface area contributed by atoms with Crippen molar-refractivity contribution in [3.63, 3.8) is 0 Å². The van der Waals surface area contributed by atoms with Gasteiger partial charge in [-0.3, -0.25) is 9.59 Å². The molecule has 1 aliphatic carbocycles. The third-order valence-corrected chi connectivity index (χ3v) is 8.13. The summed E-state index contributed by atoms with van der Waals surface area (Å²) in [6, 6.07) is 25.3. The van der Waals surface area contributed by atoms with E-state index in [1.54, 1.807) is 0 Å². The fourth-order valence-electron chi connectivity index (χ4n) is 5.70. The molecule has 3 aromatic rings. The van der Waals surface area contributed by atoms with Gasteiger partial charge >= 0.3 is 0 Å². The van der Waals surface area contributed by atoms with Gasteiger partial charge in [-0.2, -0.15) is 0 Å². The largest absolute Gasteiger partial charge is 0.378 e. The van der Waals surface area contributed by atoms with Crippen molar-refractivity contribution in [1.29, 1.82) is 0 Å². The molecule has 0 bridgehead atoms. The van der Waals surface area contributed by atoms with Crippen LogP contribution in [0.3, 0.4) is 0 Å². The first-order valence-electron chi connectivity index (χ1n) is 13.9. The lowest BCUT2D eigenvalue weighted by Gasteiger charge is -2.45. The maximum atomic E-state index is 14.2. The van der Waals surface area contributed by atoms with Crippen LogP contribution in [0.5, 0.6) is 0 Å². The number of benzene rings is 3. The first-order chi connectivity index (χ1) is 19.0.